The summed E-state index contributed by atoms with van der Waals surface area (Å²) in [7, 11) is 1.68. The van der Waals surface area contributed by atoms with Gasteiger partial charge in [-0.1, -0.05) is 24.3 Å². The van der Waals surface area contributed by atoms with Crippen molar-refractivity contribution in [3.63, 3.8) is 0 Å². The molecule has 1 amide bonds. The number of para-hydroxylation sites is 1. The highest BCUT2D eigenvalue weighted by Gasteiger charge is 2.30. The van der Waals surface area contributed by atoms with E-state index in [1.54, 1.807) is 17.7 Å². The lowest BCUT2D eigenvalue weighted by Gasteiger charge is -2.32. The molecule has 7 nitrogen and oxygen atoms in total. The van der Waals surface area contributed by atoms with Crippen LogP contribution in [-0.4, -0.2) is 43.2 Å². The van der Waals surface area contributed by atoms with Gasteiger partial charge in [-0.15, -0.1) is 0 Å². The average molecular weight is 379 g/mol. The topological polar surface area (TPSA) is 73.0 Å². The largest absolute Gasteiger partial charge is 0.345 e. The second-order valence-corrected chi connectivity index (χ2v) is 7.71. The van der Waals surface area contributed by atoms with Crippen LogP contribution in [0.2, 0.25) is 0 Å². The van der Waals surface area contributed by atoms with Gasteiger partial charge in [0.25, 0.3) is 5.91 Å². The molecular weight excluding hydrogens is 354 g/mol. The molecule has 0 spiro atoms. The number of amides is 1. The molecule has 0 radical (unpaired) electrons. The summed E-state index contributed by atoms with van der Waals surface area (Å²) in [4.78, 5) is 31.9. The number of nitrogens with zero attached hydrogens (tertiary/aromatic N) is 5. The van der Waals surface area contributed by atoms with E-state index in [1.807, 2.05) is 49.1 Å². The van der Waals surface area contributed by atoms with Crippen LogP contribution in [0.15, 0.2) is 41.2 Å². The highest BCUT2D eigenvalue weighted by molar-refractivity contribution is 5.95. The second kappa shape index (κ2) is 7.22. The van der Waals surface area contributed by atoms with E-state index in [0.717, 1.165) is 29.6 Å². The van der Waals surface area contributed by atoms with E-state index in [9.17, 15) is 9.59 Å². The lowest BCUT2D eigenvalue weighted by atomic mass is 9.96. The third kappa shape index (κ3) is 3.21. The highest BCUT2D eigenvalue weighted by atomic mass is 16.2. The fourth-order valence-corrected chi connectivity index (χ4v) is 3.98. The number of pyridine rings is 1. The fourth-order valence-electron chi connectivity index (χ4n) is 3.98. The van der Waals surface area contributed by atoms with Crippen LogP contribution in [0.3, 0.4) is 0 Å². The Morgan fingerprint density at radius 2 is 1.96 bits per heavy atom. The number of aryl methyl sites for hydroxylation is 1. The molecule has 0 saturated carbocycles. The minimum atomic E-state index is -0.107. The van der Waals surface area contributed by atoms with Gasteiger partial charge in [0.1, 0.15) is 11.5 Å². The summed E-state index contributed by atoms with van der Waals surface area (Å²) in [5.74, 6) is 0.755. The molecule has 3 aromatic rings. The third-order valence-electron chi connectivity index (χ3n) is 5.39. The first-order chi connectivity index (χ1) is 13.5. The van der Waals surface area contributed by atoms with Gasteiger partial charge < -0.3 is 4.90 Å². The van der Waals surface area contributed by atoms with E-state index in [2.05, 4.69) is 10.1 Å². The van der Waals surface area contributed by atoms with E-state index in [0.29, 0.717) is 18.8 Å². The molecule has 2 aromatic heterocycles. The molecule has 146 valence electrons. The molecule has 7 heteroatoms. The standard InChI is InChI=1S/C21H25N5O2/c1-14(2)26-19(23-24(3)21(26)28)16-8-6-12-25(13-16)20(27)18-11-10-15-7-4-5-9-17(15)22-18/h4-5,7,9-11,14,16H,6,8,12-13H2,1-3H3. The molecule has 1 saturated heterocycles. The number of benzene rings is 1. The lowest BCUT2D eigenvalue weighted by molar-refractivity contribution is 0.0697. The number of rotatable bonds is 3. The van der Waals surface area contributed by atoms with Crippen LogP contribution in [0.1, 0.15) is 55.0 Å². The molecule has 0 aliphatic carbocycles. The predicted molar refractivity (Wildman–Crippen MR) is 107 cm³/mol. The maximum Gasteiger partial charge on any atom is 0.345 e. The zero-order valence-corrected chi connectivity index (χ0v) is 16.5. The van der Waals surface area contributed by atoms with Crippen molar-refractivity contribution in [1.82, 2.24) is 24.2 Å². The van der Waals surface area contributed by atoms with Crippen molar-refractivity contribution in [3.8, 4) is 0 Å². The van der Waals surface area contributed by atoms with Crippen LogP contribution in [-0.2, 0) is 7.05 Å². The van der Waals surface area contributed by atoms with E-state index >= 15 is 0 Å². The van der Waals surface area contributed by atoms with Gasteiger partial charge in [0.15, 0.2) is 0 Å². The summed E-state index contributed by atoms with van der Waals surface area (Å²) in [5, 5.41) is 5.49. The van der Waals surface area contributed by atoms with Gasteiger partial charge in [-0.2, -0.15) is 5.10 Å². The number of hydrogen-bond donors (Lipinski definition) is 0. The number of hydrogen-bond acceptors (Lipinski definition) is 4. The molecule has 1 aliphatic rings. The first kappa shape index (κ1) is 18.4. The number of carbonyl (C=O) groups is 1. The number of likely N-dealkylation sites (tertiary alicyclic amines) is 1. The molecule has 4 rings (SSSR count). The summed E-state index contributed by atoms with van der Waals surface area (Å²) in [6, 6.07) is 11.5. The van der Waals surface area contributed by atoms with Gasteiger partial charge in [-0.3, -0.25) is 9.36 Å². The Bertz CT molecular complexity index is 1080. The van der Waals surface area contributed by atoms with Crippen molar-refractivity contribution < 1.29 is 4.79 Å². The number of piperidine rings is 1. The maximum absolute atomic E-state index is 13.1. The Morgan fingerprint density at radius 1 is 1.18 bits per heavy atom. The second-order valence-electron chi connectivity index (χ2n) is 7.71. The van der Waals surface area contributed by atoms with Gasteiger partial charge in [0.2, 0.25) is 0 Å². The number of fused-ring (bicyclic) bond motifs is 1. The minimum Gasteiger partial charge on any atom is -0.337 e. The molecule has 1 aliphatic heterocycles. The van der Waals surface area contributed by atoms with Crippen molar-refractivity contribution in [2.75, 3.05) is 13.1 Å². The van der Waals surface area contributed by atoms with E-state index in [1.165, 1.54) is 4.68 Å². The van der Waals surface area contributed by atoms with Gasteiger partial charge >= 0.3 is 5.69 Å². The normalized spacial score (nSPS) is 17.4. The van der Waals surface area contributed by atoms with Crippen LogP contribution in [0, 0.1) is 0 Å². The molecular formula is C21H25N5O2. The predicted octanol–water partition coefficient (Wildman–Crippen LogP) is 2.73. The van der Waals surface area contributed by atoms with Crippen LogP contribution in [0.5, 0.6) is 0 Å². The summed E-state index contributed by atoms with van der Waals surface area (Å²) < 4.78 is 3.13. The van der Waals surface area contributed by atoms with Crippen molar-refractivity contribution >= 4 is 16.8 Å². The Kier molecular flexibility index (Phi) is 4.75. The third-order valence-corrected chi connectivity index (χ3v) is 5.39. The van der Waals surface area contributed by atoms with Gasteiger partial charge in [0, 0.05) is 37.5 Å². The monoisotopic (exact) mass is 379 g/mol. The highest BCUT2D eigenvalue weighted by Crippen LogP contribution is 2.27. The first-order valence-electron chi connectivity index (χ1n) is 9.76. The zero-order valence-electron chi connectivity index (χ0n) is 16.5. The molecule has 1 atom stereocenters. The van der Waals surface area contributed by atoms with Crippen LogP contribution in [0.25, 0.3) is 10.9 Å². The SMILES string of the molecule is CC(C)n1c(C2CCCN(C(=O)c3ccc4ccccc4n3)C2)nn(C)c1=O. The van der Waals surface area contributed by atoms with Crippen LogP contribution >= 0.6 is 0 Å². The van der Waals surface area contributed by atoms with Crippen LogP contribution < -0.4 is 5.69 Å². The summed E-state index contributed by atoms with van der Waals surface area (Å²) in [6.07, 6.45) is 1.80. The molecule has 0 N–H and O–H groups in total. The quantitative estimate of drug-likeness (QED) is 0.701. The Morgan fingerprint density at radius 3 is 2.75 bits per heavy atom. The molecule has 28 heavy (non-hydrogen) atoms. The molecule has 3 heterocycles. The van der Waals surface area contributed by atoms with Crippen LogP contribution in [0.4, 0.5) is 0 Å². The van der Waals surface area contributed by atoms with Crippen molar-refractivity contribution in [1.29, 1.82) is 0 Å². The zero-order chi connectivity index (χ0) is 19.8. The van der Waals surface area contributed by atoms with Gasteiger partial charge in [0.05, 0.1) is 5.52 Å². The first-order valence-corrected chi connectivity index (χ1v) is 9.76. The number of carbonyl (C=O) groups excluding carboxylic acids is 1. The van der Waals surface area contributed by atoms with Gasteiger partial charge in [-0.05, 0) is 38.8 Å². The van der Waals surface area contributed by atoms with E-state index in [-0.39, 0.29) is 23.6 Å². The van der Waals surface area contributed by atoms with E-state index < -0.39 is 0 Å². The molecule has 0 bridgehead atoms. The van der Waals surface area contributed by atoms with Crippen molar-refractivity contribution in [3.05, 3.63) is 58.4 Å². The van der Waals surface area contributed by atoms with E-state index in [4.69, 9.17) is 0 Å². The Balaban J connectivity index is 1.61. The summed E-state index contributed by atoms with van der Waals surface area (Å²) in [6.45, 7) is 5.22. The van der Waals surface area contributed by atoms with Crippen molar-refractivity contribution in [2.45, 2.75) is 38.6 Å². The molecule has 1 aromatic carbocycles. The van der Waals surface area contributed by atoms with Gasteiger partial charge in [-0.25, -0.2) is 14.5 Å². The molecule has 1 unspecified atom stereocenters. The summed E-state index contributed by atoms with van der Waals surface area (Å²) >= 11 is 0. The Labute approximate surface area is 163 Å². The summed E-state index contributed by atoms with van der Waals surface area (Å²) in [5.41, 5.74) is 1.17. The maximum atomic E-state index is 13.1. The molecule has 1 fully saturated rings. The Hall–Kier alpha value is -2.96. The number of aromatic nitrogens is 4. The minimum absolute atomic E-state index is 0.0319. The fraction of sp³-hybridized carbons (Fsp3) is 0.429. The average Bonchev–Trinajstić information content (AvgIpc) is 3.02. The van der Waals surface area contributed by atoms with Crippen molar-refractivity contribution in [2.24, 2.45) is 7.05 Å². The smallest absolute Gasteiger partial charge is 0.337 e. The lowest BCUT2D eigenvalue weighted by Crippen LogP contribution is -2.40.